The van der Waals surface area contributed by atoms with Gasteiger partial charge in [0.2, 0.25) is 0 Å². The van der Waals surface area contributed by atoms with Crippen molar-refractivity contribution in [3.8, 4) is 33.8 Å². The monoisotopic (exact) mass is 588 g/mol. The number of fused-ring (bicyclic) bond motifs is 4. The van der Waals surface area contributed by atoms with Gasteiger partial charge in [-0.2, -0.15) is 0 Å². The molecule has 2 aliphatic rings. The molecule has 2 aliphatic carbocycles. The van der Waals surface area contributed by atoms with Crippen LogP contribution in [0.5, 0.6) is 11.5 Å². The van der Waals surface area contributed by atoms with E-state index < -0.39 is 0 Å². The molecule has 1 unspecified atom stereocenters. The summed E-state index contributed by atoms with van der Waals surface area (Å²) in [5, 5.41) is 0. The molecule has 0 saturated carbocycles. The van der Waals surface area contributed by atoms with E-state index in [1.54, 1.807) is 21.3 Å². The topological polar surface area (TPSA) is 27.7 Å². The second-order valence-corrected chi connectivity index (χ2v) is 11.6. The van der Waals surface area contributed by atoms with Gasteiger partial charge >= 0.3 is 0 Å². The third-order valence-corrected chi connectivity index (χ3v) is 9.00. The molecule has 0 fully saturated rings. The number of hydrogen-bond acceptors (Lipinski definition) is 3. The second-order valence-electron chi connectivity index (χ2n) is 11.6. The standard InChI is InChI=1S/C42H36O3/c1-43-40-20-19-35-33(24-37(40)28-13-7-4-8-14-28)22-32-25-41(44-2)38(29-15-9-5-10-16-29)23-31(32)21-34-26-42(45-3)39(27-36(34)35)30-17-11-6-12-18-30/h4-20,23-27,35H,21-22H2,1-3H3. The van der Waals surface area contributed by atoms with Gasteiger partial charge in [0.05, 0.1) is 21.3 Å². The van der Waals surface area contributed by atoms with E-state index in [0.29, 0.717) is 0 Å². The van der Waals surface area contributed by atoms with Crippen molar-refractivity contribution in [2.45, 2.75) is 18.8 Å². The number of hydrogen-bond donors (Lipinski definition) is 0. The van der Waals surface area contributed by atoms with Crippen molar-refractivity contribution in [2.24, 2.45) is 0 Å². The van der Waals surface area contributed by atoms with Crippen LogP contribution in [-0.2, 0) is 17.6 Å². The first-order valence-corrected chi connectivity index (χ1v) is 15.4. The molecule has 45 heavy (non-hydrogen) atoms. The smallest absolute Gasteiger partial charge is 0.126 e. The van der Waals surface area contributed by atoms with Crippen molar-refractivity contribution in [1.29, 1.82) is 0 Å². The molecule has 5 aromatic carbocycles. The minimum absolute atomic E-state index is 0.0488. The van der Waals surface area contributed by atoms with Crippen LogP contribution in [-0.4, -0.2) is 21.3 Å². The molecule has 7 rings (SSSR count). The van der Waals surface area contributed by atoms with E-state index in [1.165, 1.54) is 27.8 Å². The van der Waals surface area contributed by atoms with Gasteiger partial charge in [0.15, 0.2) is 0 Å². The van der Waals surface area contributed by atoms with E-state index in [-0.39, 0.29) is 5.92 Å². The maximum atomic E-state index is 6.04. The molecule has 5 aromatic rings. The maximum Gasteiger partial charge on any atom is 0.126 e. The Morgan fingerprint density at radius 2 is 1.07 bits per heavy atom. The summed E-state index contributed by atoms with van der Waals surface area (Å²) in [5.74, 6) is 2.67. The Kier molecular flexibility index (Phi) is 7.83. The molecule has 0 amide bonds. The Labute approximate surface area is 265 Å². The lowest BCUT2D eigenvalue weighted by Crippen LogP contribution is -2.13. The summed E-state index contributed by atoms with van der Waals surface area (Å²) >= 11 is 0. The van der Waals surface area contributed by atoms with Crippen LogP contribution >= 0.6 is 0 Å². The Morgan fingerprint density at radius 3 is 1.64 bits per heavy atom. The van der Waals surface area contributed by atoms with Crippen molar-refractivity contribution < 1.29 is 14.2 Å². The van der Waals surface area contributed by atoms with Gasteiger partial charge in [0.1, 0.15) is 17.3 Å². The number of methoxy groups -OCH3 is 3. The lowest BCUT2D eigenvalue weighted by Gasteiger charge is -2.28. The zero-order valence-electron chi connectivity index (χ0n) is 25.9. The zero-order chi connectivity index (χ0) is 30.8. The summed E-state index contributed by atoms with van der Waals surface area (Å²) in [6.45, 7) is 0. The molecule has 0 aromatic heterocycles. The number of ether oxygens (including phenoxy) is 3. The van der Waals surface area contributed by atoms with Crippen LogP contribution in [0.25, 0.3) is 27.8 Å². The van der Waals surface area contributed by atoms with Crippen LogP contribution < -0.4 is 9.47 Å². The first kappa shape index (κ1) is 28.5. The van der Waals surface area contributed by atoms with Gasteiger partial charge in [-0.1, -0.05) is 109 Å². The van der Waals surface area contributed by atoms with Crippen LogP contribution in [0.1, 0.15) is 33.7 Å². The zero-order valence-corrected chi connectivity index (χ0v) is 25.9. The van der Waals surface area contributed by atoms with E-state index in [4.69, 9.17) is 14.2 Å². The fraction of sp³-hybridized carbons (Fsp3) is 0.143. The molecule has 3 nitrogen and oxygen atoms in total. The normalized spacial score (nSPS) is 15.4. The largest absolute Gasteiger partial charge is 0.496 e. The third kappa shape index (κ3) is 5.47. The molecule has 0 bridgehead atoms. The first-order chi connectivity index (χ1) is 22.2. The van der Waals surface area contributed by atoms with Gasteiger partial charge in [0.25, 0.3) is 0 Å². The van der Waals surface area contributed by atoms with Gasteiger partial charge in [-0.15, -0.1) is 0 Å². The van der Waals surface area contributed by atoms with Gasteiger partial charge < -0.3 is 14.2 Å². The molecule has 0 saturated heterocycles. The highest BCUT2D eigenvalue weighted by Gasteiger charge is 2.28. The SMILES string of the molecule is COC1=C(c2ccccc2)C=C2Cc3cc(OC)c(-c4ccccc4)cc3Cc3cc(OC)c(-c4ccccc4)cc3C2C=C1. The van der Waals surface area contributed by atoms with Crippen molar-refractivity contribution >= 4 is 5.57 Å². The minimum Gasteiger partial charge on any atom is -0.496 e. The lowest BCUT2D eigenvalue weighted by molar-refractivity contribution is 0.309. The molecule has 0 aliphatic heterocycles. The maximum absolute atomic E-state index is 6.04. The molecular weight excluding hydrogens is 552 g/mol. The molecule has 0 heterocycles. The van der Waals surface area contributed by atoms with E-state index in [0.717, 1.165) is 63.5 Å². The van der Waals surface area contributed by atoms with Crippen molar-refractivity contribution in [3.05, 3.63) is 173 Å². The fourth-order valence-corrected chi connectivity index (χ4v) is 6.76. The Morgan fingerprint density at radius 1 is 0.533 bits per heavy atom. The Balaban J connectivity index is 1.49. The molecule has 0 spiro atoms. The summed E-state index contributed by atoms with van der Waals surface area (Å²) in [5.41, 5.74) is 13.1. The van der Waals surface area contributed by atoms with Crippen LogP contribution in [0.4, 0.5) is 0 Å². The Hall–Kier alpha value is -5.28. The predicted molar refractivity (Wildman–Crippen MR) is 184 cm³/mol. The molecule has 1 atom stereocenters. The van der Waals surface area contributed by atoms with Crippen LogP contribution in [0.15, 0.2) is 145 Å². The van der Waals surface area contributed by atoms with E-state index >= 15 is 0 Å². The number of rotatable bonds is 6. The van der Waals surface area contributed by atoms with Gasteiger partial charge in [-0.25, -0.2) is 0 Å². The number of benzene rings is 5. The number of allylic oxidation sites excluding steroid dienone is 5. The van der Waals surface area contributed by atoms with Crippen molar-refractivity contribution in [3.63, 3.8) is 0 Å². The average molecular weight is 589 g/mol. The van der Waals surface area contributed by atoms with Crippen molar-refractivity contribution in [1.82, 2.24) is 0 Å². The van der Waals surface area contributed by atoms with Crippen LogP contribution in [0.2, 0.25) is 0 Å². The summed E-state index contributed by atoms with van der Waals surface area (Å²) in [4.78, 5) is 0. The highest BCUT2D eigenvalue weighted by molar-refractivity contribution is 5.81. The van der Waals surface area contributed by atoms with Crippen molar-refractivity contribution in [2.75, 3.05) is 21.3 Å². The third-order valence-electron chi connectivity index (χ3n) is 9.00. The summed E-state index contributed by atoms with van der Waals surface area (Å²) < 4.78 is 18.1. The molecule has 0 radical (unpaired) electrons. The molecule has 0 N–H and O–H groups in total. The fourth-order valence-electron chi connectivity index (χ4n) is 6.76. The highest BCUT2D eigenvalue weighted by atomic mass is 16.5. The lowest BCUT2D eigenvalue weighted by atomic mass is 9.77. The highest BCUT2D eigenvalue weighted by Crippen LogP contribution is 2.45. The van der Waals surface area contributed by atoms with Gasteiger partial charge in [0, 0.05) is 22.6 Å². The Bertz CT molecular complexity index is 1930. The van der Waals surface area contributed by atoms with Gasteiger partial charge in [-0.05, 0) is 82.1 Å². The molecular formula is C42H36O3. The predicted octanol–water partition coefficient (Wildman–Crippen LogP) is 9.82. The van der Waals surface area contributed by atoms with Crippen LogP contribution in [0, 0.1) is 0 Å². The van der Waals surface area contributed by atoms with Gasteiger partial charge in [-0.3, -0.25) is 0 Å². The molecule has 222 valence electrons. The molecule has 3 heteroatoms. The quantitative estimate of drug-likeness (QED) is 0.198. The summed E-state index contributed by atoms with van der Waals surface area (Å²) in [6, 6.07) is 40.7. The van der Waals surface area contributed by atoms with E-state index in [9.17, 15) is 0 Å². The first-order valence-electron chi connectivity index (χ1n) is 15.4. The van der Waals surface area contributed by atoms with Crippen LogP contribution in [0.3, 0.4) is 0 Å². The summed E-state index contributed by atoms with van der Waals surface area (Å²) in [7, 11) is 5.29. The average Bonchev–Trinajstić information content (AvgIpc) is 3.28. The summed E-state index contributed by atoms with van der Waals surface area (Å²) in [6.07, 6.45) is 8.38. The van der Waals surface area contributed by atoms with E-state index in [1.807, 2.05) is 0 Å². The second kappa shape index (κ2) is 12.4. The van der Waals surface area contributed by atoms with E-state index in [2.05, 4.69) is 133 Å². The minimum atomic E-state index is 0.0488.